The van der Waals surface area contributed by atoms with Gasteiger partial charge in [-0.1, -0.05) is 160 Å². The van der Waals surface area contributed by atoms with E-state index in [0.717, 1.165) is 75.3 Å². The average molecular weight is 1030 g/mol. The van der Waals surface area contributed by atoms with E-state index < -0.39 is 29.9 Å². The zero-order valence-corrected chi connectivity index (χ0v) is 45.6. The van der Waals surface area contributed by atoms with E-state index in [2.05, 4.69) is 31.8 Å². The van der Waals surface area contributed by atoms with E-state index in [1.165, 1.54) is 89.9 Å². The largest absolute Gasteiger partial charge is 0.459 e. The van der Waals surface area contributed by atoms with Crippen molar-refractivity contribution in [3.8, 4) is 11.5 Å². The van der Waals surface area contributed by atoms with Gasteiger partial charge in [0.05, 0.1) is 44.7 Å². The Morgan fingerprint density at radius 3 is 2.03 bits per heavy atom. The topological polar surface area (TPSA) is 178 Å². The van der Waals surface area contributed by atoms with Crippen LogP contribution in [0.4, 0.5) is 9.59 Å². The molecule has 1 aromatic carbocycles. The number of oxime groups is 1. The van der Waals surface area contributed by atoms with Crippen LogP contribution in [0.1, 0.15) is 206 Å². The van der Waals surface area contributed by atoms with Crippen LogP contribution in [-0.4, -0.2) is 116 Å². The number of amides is 2. The highest BCUT2D eigenvalue weighted by Crippen LogP contribution is 2.62. The molecular formula is C59H99N3O11. The number of ether oxygens (including phenoxy) is 5. The fourth-order valence-electron chi connectivity index (χ4n) is 11.3. The lowest BCUT2D eigenvalue weighted by Gasteiger charge is -2.59. The highest BCUT2D eigenvalue weighted by molar-refractivity contribution is 6.03. The molecule has 1 aliphatic heterocycles. The van der Waals surface area contributed by atoms with Crippen molar-refractivity contribution in [3.63, 3.8) is 0 Å². The van der Waals surface area contributed by atoms with Crippen LogP contribution in [0.5, 0.6) is 11.5 Å². The molecule has 6 atom stereocenters. The molecule has 3 aliphatic rings. The summed E-state index contributed by atoms with van der Waals surface area (Å²) >= 11 is 0. The molecule has 14 nitrogen and oxygen atoms in total. The molecule has 0 aromatic heterocycles. The second-order valence-corrected chi connectivity index (χ2v) is 20.5. The van der Waals surface area contributed by atoms with Gasteiger partial charge in [-0.3, -0.25) is 4.90 Å². The highest BCUT2D eigenvalue weighted by atomic mass is 16.7. The number of carbonyl (C=O) groups excluding carboxylic acids is 2. The number of benzene rings is 1. The van der Waals surface area contributed by atoms with Crippen LogP contribution in [0.2, 0.25) is 0 Å². The Bertz CT molecular complexity index is 1740. The van der Waals surface area contributed by atoms with E-state index >= 15 is 0 Å². The molecule has 1 saturated carbocycles. The second kappa shape index (κ2) is 37.1. The molecule has 14 heteroatoms. The molecule has 1 fully saturated rings. The summed E-state index contributed by atoms with van der Waals surface area (Å²) in [6.07, 6.45) is 31.3. The summed E-state index contributed by atoms with van der Waals surface area (Å²) in [5.74, 6) is -1.36. The number of carbonyl (C=O) groups is 2. The second-order valence-electron chi connectivity index (χ2n) is 20.5. The maximum Gasteiger partial charge on any atom is 0.412 e. The maximum absolute atomic E-state index is 14.7. The molecular weight excluding hydrogens is 927 g/mol. The van der Waals surface area contributed by atoms with E-state index in [0.29, 0.717) is 43.2 Å². The smallest absolute Gasteiger partial charge is 0.412 e. The van der Waals surface area contributed by atoms with Crippen molar-refractivity contribution in [3.05, 3.63) is 48.1 Å². The Kier molecular flexibility index (Phi) is 31.5. The number of unbranched alkanes of at least 4 members (excludes halogenated alkanes) is 20. The van der Waals surface area contributed by atoms with E-state index in [9.17, 15) is 24.9 Å². The Labute approximate surface area is 440 Å². The summed E-state index contributed by atoms with van der Waals surface area (Å²) < 4.78 is 32.4. The van der Waals surface area contributed by atoms with Gasteiger partial charge < -0.3 is 49.2 Å². The van der Waals surface area contributed by atoms with Crippen LogP contribution in [0, 0.1) is 17.8 Å². The molecule has 1 aromatic rings. The number of nitrogens with zero attached hydrogens (tertiary/aromatic N) is 2. The van der Waals surface area contributed by atoms with Gasteiger partial charge in [-0.05, 0) is 81.1 Å². The number of aliphatic hydroxyl groups is 3. The molecule has 416 valence electrons. The number of fused-ring (bicyclic) bond motifs is 2. The highest BCUT2D eigenvalue weighted by Gasteiger charge is 2.65. The van der Waals surface area contributed by atoms with E-state index in [-0.39, 0.29) is 77.0 Å². The summed E-state index contributed by atoms with van der Waals surface area (Å²) in [7, 11) is 0. The lowest BCUT2D eigenvalue weighted by Crippen LogP contribution is -2.70. The molecule has 2 amide bonds. The third-order valence-electron chi connectivity index (χ3n) is 15.0. The Hall–Kier alpha value is -3.69. The van der Waals surface area contributed by atoms with Crippen molar-refractivity contribution < 1.29 is 53.4 Å². The third kappa shape index (κ3) is 20.4. The third-order valence-corrected chi connectivity index (χ3v) is 15.0. The molecule has 73 heavy (non-hydrogen) atoms. The fraction of sp³-hybridized carbons (Fsp3) is 0.780. The first-order valence-corrected chi connectivity index (χ1v) is 29.1. The molecule has 0 spiro atoms. The van der Waals surface area contributed by atoms with Gasteiger partial charge >= 0.3 is 12.2 Å². The average Bonchev–Trinajstić information content (AvgIpc) is 3.39. The lowest BCUT2D eigenvalue weighted by atomic mass is 9.55. The molecule has 0 bridgehead atoms. The first-order chi connectivity index (χ1) is 35.8. The van der Waals surface area contributed by atoms with Crippen molar-refractivity contribution in [1.82, 2.24) is 10.2 Å². The van der Waals surface area contributed by atoms with Crippen molar-refractivity contribution in [2.75, 3.05) is 65.9 Å². The number of allylic oxidation sites excluding steroid dienone is 1. The zero-order chi connectivity index (χ0) is 52.4. The first kappa shape index (κ1) is 61.9. The van der Waals surface area contributed by atoms with Gasteiger partial charge in [0.2, 0.25) is 5.79 Å². The van der Waals surface area contributed by atoms with E-state index in [1.807, 2.05) is 19.1 Å². The first-order valence-electron chi connectivity index (χ1n) is 29.1. The molecule has 4 rings (SSSR count). The SMILES string of the molecule is C=CCO[C@@]12Oc3ccc(OC(=O)NCCCCCCCCCCCC)cc3[C@H]3[C@H](CCCCO)[C@@H](CCCCO)C=C(C(=NOCC)C[C@@H]1N(CCOCCO)C(=O)OCCCCCCCCCCCC)[C@H]32. The van der Waals surface area contributed by atoms with Crippen LogP contribution in [0.15, 0.2) is 47.7 Å². The van der Waals surface area contributed by atoms with Gasteiger partial charge in [-0.25, -0.2) is 9.59 Å². The van der Waals surface area contributed by atoms with Crippen LogP contribution in [-0.2, 0) is 19.0 Å². The Morgan fingerprint density at radius 2 is 1.41 bits per heavy atom. The summed E-state index contributed by atoms with van der Waals surface area (Å²) in [4.78, 5) is 35.7. The van der Waals surface area contributed by atoms with Crippen molar-refractivity contribution in [1.29, 1.82) is 0 Å². The minimum atomic E-state index is -1.49. The van der Waals surface area contributed by atoms with E-state index in [1.54, 1.807) is 17.0 Å². The fourth-order valence-corrected chi connectivity index (χ4v) is 11.3. The quantitative estimate of drug-likeness (QED) is 0.0278. The van der Waals surface area contributed by atoms with Gasteiger partial charge in [0.1, 0.15) is 24.1 Å². The normalized spacial score (nSPS) is 21.4. The molecule has 0 radical (unpaired) electrons. The Morgan fingerprint density at radius 1 is 0.781 bits per heavy atom. The lowest BCUT2D eigenvalue weighted by molar-refractivity contribution is -0.256. The van der Waals surface area contributed by atoms with Gasteiger partial charge in [0.25, 0.3) is 0 Å². The summed E-state index contributed by atoms with van der Waals surface area (Å²) in [6.45, 7) is 12.0. The molecule has 4 N–H and O–H groups in total. The number of nitrogens with one attached hydrogen (secondary N) is 1. The number of aliphatic hydroxyl groups excluding tert-OH is 3. The monoisotopic (exact) mass is 1030 g/mol. The van der Waals surface area contributed by atoms with Gasteiger partial charge in [0, 0.05) is 44.2 Å². The van der Waals surface area contributed by atoms with Crippen molar-refractivity contribution >= 4 is 17.9 Å². The summed E-state index contributed by atoms with van der Waals surface area (Å²) in [5.41, 5.74) is 2.44. The van der Waals surface area contributed by atoms with Crippen LogP contribution >= 0.6 is 0 Å². The Balaban J connectivity index is 1.71. The minimum absolute atomic E-state index is 0.00881. The number of rotatable bonds is 42. The van der Waals surface area contributed by atoms with E-state index in [4.69, 9.17) is 33.7 Å². The van der Waals surface area contributed by atoms with Crippen molar-refractivity contribution in [2.45, 2.75) is 212 Å². The number of hydrogen-bond acceptors (Lipinski definition) is 12. The van der Waals surface area contributed by atoms with Crippen LogP contribution in [0.25, 0.3) is 0 Å². The molecule has 1 heterocycles. The predicted molar refractivity (Wildman–Crippen MR) is 290 cm³/mol. The van der Waals surface area contributed by atoms with Gasteiger partial charge in [-0.2, -0.15) is 0 Å². The molecule has 0 saturated heterocycles. The molecule has 2 aliphatic carbocycles. The van der Waals surface area contributed by atoms with Crippen LogP contribution < -0.4 is 14.8 Å². The van der Waals surface area contributed by atoms with Gasteiger partial charge in [-0.15, -0.1) is 6.58 Å². The van der Waals surface area contributed by atoms with Crippen LogP contribution in [0.3, 0.4) is 0 Å². The minimum Gasteiger partial charge on any atom is -0.459 e. The predicted octanol–water partition coefficient (Wildman–Crippen LogP) is 12.7. The maximum atomic E-state index is 14.7. The summed E-state index contributed by atoms with van der Waals surface area (Å²) in [5, 5.41) is 37.4. The van der Waals surface area contributed by atoms with Crippen molar-refractivity contribution in [2.24, 2.45) is 22.9 Å². The molecule has 0 unspecified atom stereocenters. The number of hydrogen-bond donors (Lipinski definition) is 4. The standard InChI is InChI=1S/C59H99N3O11/c1-5-9-11-13-15-17-19-21-23-27-35-60-57(66)72-48-33-34-53-51(45-48)55-49(32-26-29-38-64)47(31-25-28-37-63)44-50-52(61-71-8-4)46-54(59(73-53,56(50)55)70-40-7-3)62(36-42-68-43-39-65)58(67)69-41-30-24-22-20-18-16-14-12-10-6-2/h7,33-34,44-45,47,49,54-56,63-65H,3,5-6,8-32,35-43,46H2,1-2,4H3,(H,60,66)/t47-,49+,54-,55+,56+,59+/m0/s1. The van der Waals surface area contributed by atoms with Gasteiger partial charge in [0.15, 0.2) is 0 Å². The zero-order valence-electron chi connectivity index (χ0n) is 45.6. The summed E-state index contributed by atoms with van der Waals surface area (Å²) in [6, 6.07) is 4.73.